The summed E-state index contributed by atoms with van der Waals surface area (Å²) in [6.07, 6.45) is -0.796. The number of likely N-dealkylation sites (tertiary alicyclic amines) is 1. The first-order chi connectivity index (χ1) is 23.6. The molecule has 5 atom stereocenters. The number of para-hydroxylation sites is 1. The van der Waals surface area contributed by atoms with Gasteiger partial charge in [-0.1, -0.05) is 39.0 Å². The van der Waals surface area contributed by atoms with Crippen LogP contribution in [-0.2, 0) is 38.6 Å². The van der Waals surface area contributed by atoms with Crippen molar-refractivity contribution in [3.05, 3.63) is 42.5 Å². The van der Waals surface area contributed by atoms with Gasteiger partial charge >= 0.3 is 18.2 Å². The predicted octanol–water partition coefficient (Wildman–Crippen LogP) is 2.60. The minimum atomic E-state index is -3.95. The van der Waals surface area contributed by atoms with Crippen LogP contribution in [0.3, 0.4) is 0 Å². The Kier molecular flexibility index (Phi) is 11.1. The number of sulfonamides is 1. The molecule has 1 aromatic rings. The van der Waals surface area contributed by atoms with Crippen LogP contribution in [0.1, 0.15) is 77.6 Å². The Morgan fingerprint density at radius 3 is 2.22 bits per heavy atom. The van der Waals surface area contributed by atoms with Crippen molar-refractivity contribution in [2.24, 2.45) is 11.3 Å². The average molecular weight is 734 g/mol. The molecule has 0 radical (unpaired) electrons. The number of ether oxygens (including phenoxy) is 3. The molecule has 0 aromatic heterocycles. The number of alkyl carbamates (subject to hydrolysis) is 1. The number of hydrogen-bond donors (Lipinski definition) is 4. The highest BCUT2D eigenvalue weighted by molar-refractivity contribution is 7.91. The minimum Gasteiger partial charge on any atom is -0.465 e. The monoisotopic (exact) mass is 733 g/mol. The van der Waals surface area contributed by atoms with Crippen molar-refractivity contribution in [1.82, 2.24) is 20.3 Å². The molecule has 1 heterocycles. The maximum Gasteiger partial charge on any atom is 0.411 e. The smallest absolute Gasteiger partial charge is 0.411 e. The summed E-state index contributed by atoms with van der Waals surface area (Å²) in [6.45, 7) is 13.5. The zero-order chi connectivity index (χ0) is 38.1. The molecule has 1 saturated heterocycles. The molecule has 3 aliphatic rings. The van der Waals surface area contributed by atoms with E-state index >= 15 is 0 Å². The van der Waals surface area contributed by atoms with E-state index in [1.807, 2.05) is 0 Å². The summed E-state index contributed by atoms with van der Waals surface area (Å²) in [4.78, 5) is 81.0. The van der Waals surface area contributed by atoms with Gasteiger partial charge in [-0.2, -0.15) is 0 Å². The fourth-order valence-electron chi connectivity index (χ4n) is 5.80. The Labute approximate surface area is 297 Å². The van der Waals surface area contributed by atoms with E-state index in [0.717, 1.165) is 4.90 Å². The van der Waals surface area contributed by atoms with Gasteiger partial charge in [0.05, 0.1) is 30.2 Å². The lowest BCUT2D eigenvalue weighted by molar-refractivity contribution is -0.143. The van der Waals surface area contributed by atoms with Crippen LogP contribution in [0.2, 0.25) is 0 Å². The third kappa shape index (κ3) is 9.36. The Hall–Kier alpha value is -4.67. The van der Waals surface area contributed by atoms with Gasteiger partial charge in [-0.15, -0.1) is 6.58 Å². The number of methoxy groups -OCH3 is 1. The van der Waals surface area contributed by atoms with Gasteiger partial charge in [0.1, 0.15) is 29.3 Å². The third-order valence-corrected chi connectivity index (χ3v) is 10.5. The molecule has 5 amide bonds. The number of anilines is 1. The van der Waals surface area contributed by atoms with E-state index in [9.17, 15) is 37.2 Å². The second kappa shape index (κ2) is 14.5. The molecule has 2 saturated carbocycles. The number of rotatable bonds is 11. The first-order valence-corrected chi connectivity index (χ1v) is 18.1. The Morgan fingerprint density at radius 2 is 1.67 bits per heavy atom. The molecule has 1 aliphatic heterocycles. The van der Waals surface area contributed by atoms with Gasteiger partial charge in [-0.05, 0) is 57.6 Å². The second-order valence-electron chi connectivity index (χ2n) is 15.1. The van der Waals surface area contributed by atoms with Gasteiger partial charge in [-0.3, -0.25) is 24.4 Å². The standard InChI is InChI=1S/C34H47N5O11S/c1-9-19-17-34(19,29(43)38-51(46,47)21-14-15-21)37-26(40)24-16-20(49-30(44)35-23-13-11-10-12-22(23)28(42)48-8)18-39(24)27(41)25(32(2,3)4)36-31(45)50-33(5,6)7/h9-13,19-21,24-25H,1,14-18H2,2-8H3,(H,35,44)(H,36,45)(H,37,40)(H,38,43)/t19?,20-,24-,25-,34?/m1/s1. The van der Waals surface area contributed by atoms with Crippen molar-refractivity contribution in [3.8, 4) is 0 Å². The van der Waals surface area contributed by atoms with Gasteiger partial charge < -0.3 is 29.7 Å². The molecular weight excluding hydrogens is 686 g/mol. The number of nitrogens with one attached hydrogen (secondary N) is 4. The average Bonchev–Trinajstić information content (AvgIpc) is 3.95. The van der Waals surface area contributed by atoms with Crippen LogP contribution in [0, 0.1) is 11.3 Å². The molecule has 2 unspecified atom stereocenters. The summed E-state index contributed by atoms with van der Waals surface area (Å²) in [6, 6.07) is 3.53. The molecule has 4 rings (SSSR count). The molecule has 280 valence electrons. The summed E-state index contributed by atoms with van der Waals surface area (Å²) >= 11 is 0. The van der Waals surface area contributed by atoms with E-state index in [2.05, 4.69) is 27.3 Å². The normalized spacial score (nSPS) is 23.6. The van der Waals surface area contributed by atoms with Crippen molar-refractivity contribution in [1.29, 1.82) is 0 Å². The Balaban J connectivity index is 1.60. The van der Waals surface area contributed by atoms with Gasteiger partial charge in [0.25, 0.3) is 5.91 Å². The molecular formula is C34H47N5O11S. The number of hydrogen-bond acceptors (Lipinski definition) is 11. The molecule has 2 aliphatic carbocycles. The van der Waals surface area contributed by atoms with Crippen LogP contribution < -0.4 is 20.7 Å². The minimum absolute atomic E-state index is 0.0622. The van der Waals surface area contributed by atoms with Crippen molar-refractivity contribution < 1.29 is 51.4 Å². The van der Waals surface area contributed by atoms with E-state index in [1.54, 1.807) is 53.7 Å². The fourth-order valence-corrected chi connectivity index (χ4v) is 7.17. The van der Waals surface area contributed by atoms with Crippen LogP contribution in [0.4, 0.5) is 15.3 Å². The van der Waals surface area contributed by atoms with Gasteiger partial charge in [0.15, 0.2) is 0 Å². The quantitative estimate of drug-likeness (QED) is 0.147. The number of esters is 1. The number of benzene rings is 1. The highest BCUT2D eigenvalue weighted by Gasteiger charge is 2.62. The lowest BCUT2D eigenvalue weighted by atomic mass is 9.85. The van der Waals surface area contributed by atoms with Crippen molar-refractivity contribution in [2.45, 2.75) is 102 Å². The second-order valence-corrected chi connectivity index (χ2v) is 17.0. The Morgan fingerprint density at radius 1 is 1.02 bits per heavy atom. The van der Waals surface area contributed by atoms with Gasteiger partial charge in [0.2, 0.25) is 21.8 Å². The SMILES string of the molecule is C=CC1CC1(NC(=O)[C@H]1C[C@@H](OC(=O)Nc2ccccc2C(=O)OC)CN1C(=O)[C@@H](NC(=O)OC(C)(C)C)C(C)(C)C)C(=O)NS(=O)(=O)C1CC1. The number of carbonyl (C=O) groups is 6. The maximum absolute atomic E-state index is 14.3. The molecule has 17 heteroatoms. The van der Waals surface area contributed by atoms with E-state index in [1.165, 1.54) is 25.3 Å². The van der Waals surface area contributed by atoms with E-state index in [4.69, 9.17) is 14.2 Å². The molecule has 4 N–H and O–H groups in total. The first-order valence-electron chi connectivity index (χ1n) is 16.6. The van der Waals surface area contributed by atoms with Crippen molar-refractivity contribution in [3.63, 3.8) is 0 Å². The molecule has 16 nitrogen and oxygen atoms in total. The lowest BCUT2D eigenvalue weighted by Crippen LogP contribution is -2.60. The van der Waals surface area contributed by atoms with Crippen LogP contribution >= 0.6 is 0 Å². The highest BCUT2D eigenvalue weighted by Crippen LogP contribution is 2.45. The molecule has 51 heavy (non-hydrogen) atoms. The molecule has 1 aromatic carbocycles. The van der Waals surface area contributed by atoms with Crippen LogP contribution in [-0.4, -0.2) is 97.4 Å². The molecule has 0 bridgehead atoms. The lowest BCUT2D eigenvalue weighted by Gasteiger charge is -2.36. The Bertz CT molecular complexity index is 1700. The van der Waals surface area contributed by atoms with Crippen molar-refractivity contribution >= 4 is 51.6 Å². The third-order valence-electron chi connectivity index (χ3n) is 8.71. The summed E-state index contributed by atoms with van der Waals surface area (Å²) in [7, 11) is -2.76. The molecule has 0 spiro atoms. The van der Waals surface area contributed by atoms with E-state index in [0.29, 0.717) is 12.8 Å². The zero-order valence-electron chi connectivity index (χ0n) is 29.9. The zero-order valence-corrected chi connectivity index (χ0v) is 30.7. The summed E-state index contributed by atoms with van der Waals surface area (Å²) in [5.74, 6) is -3.71. The number of amides is 5. The fraction of sp³-hybridized carbons (Fsp3) is 0.588. The number of carbonyl (C=O) groups excluding carboxylic acids is 6. The van der Waals surface area contributed by atoms with Gasteiger partial charge in [-0.25, -0.2) is 22.8 Å². The van der Waals surface area contributed by atoms with Crippen LogP contribution in [0.5, 0.6) is 0 Å². The topological polar surface area (TPSA) is 216 Å². The number of nitrogens with zero attached hydrogens (tertiary/aromatic N) is 1. The van der Waals surface area contributed by atoms with Gasteiger partial charge in [0, 0.05) is 12.3 Å². The largest absolute Gasteiger partial charge is 0.465 e. The van der Waals surface area contributed by atoms with E-state index in [-0.39, 0.29) is 30.6 Å². The summed E-state index contributed by atoms with van der Waals surface area (Å²) in [5, 5.41) is 7.07. The molecule has 3 fully saturated rings. The van der Waals surface area contributed by atoms with E-state index < -0.39 is 91.8 Å². The summed E-state index contributed by atoms with van der Waals surface area (Å²) < 4.78 is 43.1. The van der Waals surface area contributed by atoms with Crippen LogP contribution in [0.25, 0.3) is 0 Å². The predicted molar refractivity (Wildman–Crippen MR) is 184 cm³/mol. The van der Waals surface area contributed by atoms with Crippen LogP contribution in [0.15, 0.2) is 36.9 Å². The highest BCUT2D eigenvalue weighted by atomic mass is 32.2. The van der Waals surface area contributed by atoms with Crippen molar-refractivity contribution in [2.75, 3.05) is 19.0 Å². The maximum atomic E-state index is 14.3. The first kappa shape index (κ1) is 39.1. The summed E-state index contributed by atoms with van der Waals surface area (Å²) in [5.41, 5.74) is -3.25.